The van der Waals surface area contributed by atoms with Crippen LogP contribution in [0.2, 0.25) is 0 Å². The lowest BCUT2D eigenvalue weighted by Crippen LogP contribution is -3.03. The van der Waals surface area contributed by atoms with Crippen molar-refractivity contribution >= 4 is 40.7 Å². The summed E-state index contributed by atoms with van der Waals surface area (Å²) >= 11 is 17.9. The van der Waals surface area contributed by atoms with Gasteiger partial charge in [-0.3, -0.25) is 10.1 Å². The molecule has 118 valence electrons. The summed E-state index contributed by atoms with van der Waals surface area (Å²) in [6.07, 6.45) is -0.722. The van der Waals surface area contributed by atoms with Crippen LogP contribution in [-0.4, -0.2) is 28.5 Å². The van der Waals surface area contributed by atoms with Crippen LogP contribution >= 0.6 is 34.8 Å². The van der Waals surface area contributed by atoms with E-state index in [1.54, 1.807) is 29.6 Å². The number of benzene rings is 1. The van der Waals surface area contributed by atoms with Gasteiger partial charge in [-0.25, -0.2) is 0 Å². The van der Waals surface area contributed by atoms with E-state index in [1.165, 1.54) is 7.11 Å². The van der Waals surface area contributed by atoms with Gasteiger partial charge in [0.05, 0.1) is 18.2 Å². The SMILES string of the molecule is COc1ccccc1C(=O)N[C@H]([NH2+]C(C)(C)C)C(Cl)(Cl)Cl. The summed E-state index contributed by atoms with van der Waals surface area (Å²) in [4.78, 5) is 12.4. The highest BCUT2D eigenvalue weighted by Crippen LogP contribution is 2.28. The fraction of sp³-hybridized carbons (Fsp3) is 0.500. The van der Waals surface area contributed by atoms with Crippen LogP contribution in [0.25, 0.3) is 0 Å². The van der Waals surface area contributed by atoms with Gasteiger partial charge in [-0.2, -0.15) is 0 Å². The van der Waals surface area contributed by atoms with Crippen LogP contribution in [0.1, 0.15) is 31.1 Å². The molecule has 0 aliphatic carbocycles. The second-order valence-electron chi connectivity index (χ2n) is 5.73. The van der Waals surface area contributed by atoms with E-state index in [2.05, 4.69) is 5.32 Å². The van der Waals surface area contributed by atoms with Crippen LogP contribution in [0.4, 0.5) is 0 Å². The zero-order chi connectivity index (χ0) is 16.3. The van der Waals surface area contributed by atoms with Gasteiger partial charge < -0.3 is 10.1 Å². The minimum absolute atomic E-state index is 0.220. The topological polar surface area (TPSA) is 54.9 Å². The number of nitrogens with one attached hydrogen (secondary N) is 1. The predicted molar refractivity (Wildman–Crippen MR) is 86.2 cm³/mol. The predicted octanol–water partition coefficient (Wildman–Crippen LogP) is 2.48. The monoisotopic (exact) mass is 353 g/mol. The van der Waals surface area contributed by atoms with E-state index < -0.39 is 9.96 Å². The first-order valence-electron chi connectivity index (χ1n) is 6.41. The number of ether oxygens (including phenoxy) is 1. The number of hydrogen-bond donors (Lipinski definition) is 2. The summed E-state index contributed by atoms with van der Waals surface area (Å²) in [6.45, 7) is 5.89. The van der Waals surface area contributed by atoms with Gasteiger partial charge in [0.25, 0.3) is 9.70 Å². The van der Waals surface area contributed by atoms with E-state index in [0.29, 0.717) is 11.3 Å². The van der Waals surface area contributed by atoms with Crippen molar-refractivity contribution in [2.45, 2.75) is 36.3 Å². The van der Waals surface area contributed by atoms with Gasteiger partial charge in [-0.1, -0.05) is 46.9 Å². The van der Waals surface area contributed by atoms with E-state index in [4.69, 9.17) is 39.5 Å². The lowest BCUT2D eigenvalue weighted by molar-refractivity contribution is -0.749. The fourth-order valence-electron chi connectivity index (χ4n) is 1.77. The minimum atomic E-state index is -1.63. The third kappa shape index (κ3) is 5.91. The number of carbonyl (C=O) groups excluding carboxylic acids is 1. The Labute approximate surface area is 140 Å². The van der Waals surface area contributed by atoms with Crippen LogP contribution in [0.3, 0.4) is 0 Å². The average Bonchev–Trinajstić information content (AvgIpc) is 2.35. The lowest BCUT2D eigenvalue weighted by atomic mass is 10.1. The third-order valence-electron chi connectivity index (χ3n) is 2.66. The van der Waals surface area contributed by atoms with Crippen molar-refractivity contribution in [2.24, 2.45) is 0 Å². The zero-order valence-corrected chi connectivity index (χ0v) is 14.7. The molecule has 0 aliphatic heterocycles. The highest BCUT2D eigenvalue weighted by Gasteiger charge is 2.40. The maximum absolute atomic E-state index is 12.4. The molecule has 0 saturated carbocycles. The molecule has 0 bridgehead atoms. The fourth-order valence-corrected chi connectivity index (χ4v) is 2.12. The molecule has 21 heavy (non-hydrogen) atoms. The van der Waals surface area contributed by atoms with Crippen LogP contribution in [0.5, 0.6) is 5.75 Å². The molecule has 0 aromatic heterocycles. The molecule has 7 heteroatoms. The van der Waals surface area contributed by atoms with Gasteiger partial charge in [0.1, 0.15) is 5.75 Å². The Bertz CT molecular complexity index is 496. The van der Waals surface area contributed by atoms with E-state index in [0.717, 1.165) is 0 Å². The van der Waals surface area contributed by atoms with Crippen molar-refractivity contribution in [3.05, 3.63) is 29.8 Å². The van der Waals surface area contributed by atoms with Crippen LogP contribution < -0.4 is 15.4 Å². The second kappa shape index (κ2) is 7.05. The molecule has 1 aromatic carbocycles. The van der Waals surface area contributed by atoms with E-state index >= 15 is 0 Å². The summed E-state index contributed by atoms with van der Waals surface area (Å²) in [5.41, 5.74) is 0.171. The molecule has 0 saturated heterocycles. The van der Waals surface area contributed by atoms with Crippen molar-refractivity contribution in [1.29, 1.82) is 0 Å². The molecule has 0 radical (unpaired) electrons. The average molecular weight is 355 g/mol. The molecule has 1 aromatic rings. The maximum atomic E-state index is 12.4. The van der Waals surface area contributed by atoms with Crippen molar-refractivity contribution in [3.8, 4) is 5.75 Å². The summed E-state index contributed by atoms with van der Waals surface area (Å²) < 4.78 is 3.53. The van der Waals surface area contributed by atoms with Gasteiger partial charge >= 0.3 is 0 Å². The van der Waals surface area contributed by atoms with Crippen molar-refractivity contribution < 1.29 is 14.8 Å². The van der Waals surface area contributed by atoms with E-state index in [1.807, 2.05) is 20.8 Å². The van der Waals surface area contributed by atoms with Crippen LogP contribution in [-0.2, 0) is 0 Å². The standard InChI is InChI=1S/C14H19Cl3N2O2/c1-13(2,3)19-12(14(15,16)17)18-11(20)9-7-5-6-8-10(9)21-4/h5-8,12,19H,1-4H3,(H,18,20)/p+1/t12-/m1/s1. The number of carbonyl (C=O) groups is 1. The lowest BCUT2D eigenvalue weighted by Gasteiger charge is -2.29. The number of alkyl halides is 3. The smallest absolute Gasteiger partial charge is 0.262 e. The molecule has 0 fully saturated rings. The molecule has 1 atom stereocenters. The number of nitrogens with two attached hydrogens (primary N) is 1. The van der Waals surface area contributed by atoms with Crippen LogP contribution in [0.15, 0.2) is 24.3 Å². The molecule has 0 aliphatic rings. The van der Waals surface area contributed by atoms with Gasteiger partial charge in [-0.05, 0) is 32.9 Å². The largest absolute Gasteiger partial charge is 0.496 e. The van der Waals surface area contributed by atoms with Crippen molar-refractivity contribution in [3.63, 3.8) is 0 Å². The summed E-state index contributed by atoms with van der Waals surface area (Å²) in [7, 11) is 1.50. The Morgan fingerprint density at radius 3 is 2.29 bits per heavy atom. The molecule has 0 heterocycles. The Balaban J connectivity index is 2.96. The summed E-state index contributed by atoms with van der Waals surface area (Å²) in [5, 5.41) is 4.53. The zero-order valence-electron chi connectivity index (χ0n) is 12.4. The Kier molecular flexibility index (Phi) is 6.17. The molecular formula is C14H20Cl3N2O2+. The van der Waals surface area contributed by atoms with Gasteiger partial charge in [0.2, 0.25) is 6.17 Å². The number of halogens is 3. The van der Waals surface area contributed by atoms with Crippen molar-refractivity contribution in [2.75, 3.05) is 7.11 Å². The highest BCUT2D eigenvalue weighted by molar-refractivity contribution is 6.68. The number of quaternary nitrogens is 1. The third-order valence-corrected chi connectivity index (χ3v) is 3.36. The van der Waals surface area contributed by atoms with E-state index in [9.17, 15) is 4.79 Å². The minimum Gasteiger partial charge on any atom is -0.496 e. The number of methoxy groups -OCH3 is 1. The van der Waals surface area contributed by atoms with Gasteiger partial charge in [-0.15, -0.1) is 0 Å². The number of hydrogen-bond acceptors (Lipinski definition) is 2. The quantitative estimate of drug-likeness (QED) is 0.645. The molecule has 0 unspecified atom stereocenters. The molecule has 4 nitrogen and oxygen atoms in total. The maximum Gasteiger partial charge on any atom is 0.262 e. The second-order valence-corrected chi connectivity index (χ2v) is 8.09. The molecule has 1 amide bonds. The first-order chi connectivity index (χ1) is 9.54. The summed E-state index contributed by atoms with van der Waals surface area (Å²) in [5.74, 6) is 0.109. The normalized spacial score (nSPS) is 13.7. The van der Waals surface area contributed by atoms with E-state index in [-0.39, 0.29) is 11.4 Å². The molecule has 1 rings (SSSR count). The van der Waals surface area contributed by atoms with Crippen molar-refractivity contribution in [1.82, 2.24) is 5.32 Å². The molecular weight excluding hydrogens is 335 g/mol. The Hall–Kier alpha value is -0.680. The van der Waals surface area contributed by atoms with Crippen LogP contribution in [0, 0.1) is 0 Å². The Morgan fingerprint density at radius 1 is 1.24 bits per heavy atom. The highest BCUT2D eigenvalue weighted by atomic mass is 35.6. The number of amides is 1. The molecule has 3 N–H and O–H groups in total. The first kappa shape index (κ1) is 18.4. The Morgan fingerprint density at radius 2 is 1.81 bits per heavy atom. The number of para-hydroxylation sites is 1. The summed E-state index contributed by atoms with van der Waals surface area (Å²) in [6, 6.07) is 6.88. The van der Waals surface area contributed by atoms with Gasteiger partial charge in [0, 0.05) is 0 Å². The molecule has 0 spiro atoms. The van der Waals surface area contributed by atoms with Gasteiger partial charge in [0.15, 0.2) is 0 Å². The first-order valence-corrected chi connectivity index (χ1v) is 7.54. The number of rotatable bonds is 4.